The van der Waals surface area contributed by atoms with Crippen LogP contribution in [0.1, 0.15) is 24.2 Å². The normalized spacial score (nSPS) is 14.0. The van der Waals surface area contributed by atoms with E-state index in [9.17, 15) is 14.9 Å². The van der Waals surface area contributed by atoms with Crippen LogP contribution in [-0.4, -0.2) is 44.1 Å². The van der Waals surface area contributed by atoms with Crippen molar-refractivity contribution in [2.45, 2.75) is 20.1 Å². The lowest BCUT2D eigenvalue weighted by molar-refractivity contribution is -0.385. The molecule has 1 aromatic rings. The zero-order valence-electron chi connectivity index (χ0n) is 13.0. The number of methoxy groups -OCH3 is 1. The van der Waals surface area contributed by atoms with Gasteiger partial charge in [-0.05, 0) is 13.8 Å². The van der Waals surface area contributed by atoms with Gasteiger partial charge in [0.2, 0.25) is 5.75 Å². The molecule has 0 saturated heterocycles. The van der Waals surface area contributed by atoms with Crippen LogP contribution in [0.4, 0.5) is 5.69 Å². The number of ether oxygens (including phenoxy) is 5. The summed E-state index contributed by atoms with van der Waals surface area (Å²) in [6, 6.07) is 1.11. The van der Waals surface area contributed by atoms with Gasteiger partial charge in [0.1, 0.15) is 13.2 Å². The molecule has 0 N–H and O–H groups in total. The fourth-order valence-corrected chi connectivity index (χ4v) is 2.14. The molecule has 9 heteroatoms. The van der Waals surface area contributed by atoms with Crippen molar-refractivity contribution in [3.05, 3.63) is 21.7 Å². The molecule has 1 heterocycles. The van der Waals surface area contributed by atoms with Crippen LogP contribution in [-0.2, 0) is 9.47 Å². The molecule has 0 radical (unpaired) electrons. The average Bonchev–Trinajstić information content (AvgIpc) is 2.54. The Labute approximate surface area is 132 Å². The molecule has 1 unspecified atom stereocenters. The summed E-state index contributed by atoms with van der Waals surface area (Å²) in [7, 11) is 1.13. The van der Waals surface area contributed by atoms with E-state index in [1.807, 2.05) is 0 Å². The summed E-state index contributed by atoms with van der Waals surface area (Å²) in [5.74, 6) is -0.757. The third-order valence-corrected chi connectivity index (χ3v) is 3.04. The van der Waals surface area contributed by atoms with Gasteiger partial charge in [0.05, 0.1) is 18.1 Å². The molecule has 0 aliphatic carbocycles. The van der Waals surface area contributed by atoms with Gasteiger partial charge in [0, 0.05) is 6.61 Å². The molecule has 0 spiro atoms. The number of nitro benzene ring substituents is 1. The number of nitrogens with zero attached hydrogens (tertiary/aromatic N) is 1. The fraction of sp³-hybridized carbons (Fsp3) is 0.500. The molecule has 0 amide bonds. The minimum atomic E-state index is -0.886. The quantitative estimate of drug-likeness (QED) is 0.337. The number of carbonyl (C=O) groups excluding carboxylic acids is 1. The van der Waals surface area contributed by atoms with Crippen LogP contribution in [0, 0.1) is 10.1 Å². The maximum atomic E-state index is 11.9. The van der Waals surface area contributed by atoms with Crippen LogP contribution in [0.5, 0.6) is 17.2 Å². The standard InChI is InChI=1S/C14H17NO8/c1-4-20-8(2)23-10-7-9(15(17)18)11(14(16)19-3)13-12(10)21-5-6-22-13/h7-8H,4-6H2,1-3H3. The van der Waals surface area contributed by atoms with E-state index >= 15 is 0 Å². The van der Waals surface area contributed by atoms with E-state index < -0.39 is 22.9 Å². The number of esters is 1. The van der Waals surface area contributed by atoms with Crippen molar-refractivity contribution in [3.63, 3.8) is 0 Å². The van der Waals surface area contributed by atoms with Gasteiger partial charge in [-0.1, -0.05) is 0 Å². The van der Waals surface area contributed by atoms with Gasteiger partial charge in [0.15, 0.2) is 23.4 Å². The lowest BCUT2D eigenvalue weighted by Gasteiger charge is -2.24. The minimum absolute atomic E-state index is 0.0593. The first-order chi connectivity index (χ1) is 11.0. The highest BCUT2D eigenvalue weighted by molar-refractivity contribution is 5.99. The molecule has 2 rings (SSSR count). The third-order valence-electron chi connectivity index (χ3n) is 3.04. The maximum absolute atomic E-state index is 11.9. The van der Waals surface area contributed by atoms with Gasteiger partial charge in [-0.3, -0.25) is 10.1 Å². The van der Waals surface area contributed by atoms with E-state index in [-0.39, 0.29) is 36.0 Å². The summed E-state index contributed by atoms with van der Waals surface area (Å²) in [6.07, 6.45) is -0.654. The number of rotatable bonds is 6. The number of hydrogen-bond donors (Lipinski definition) is 0. The zero-order chi connectivity index (χ0) is 17.0. The van der Waals surface area contributed by atoms with Crippen LogP contribution in [0.15, 0.2) is 6.07 Å². The Morgan fingerprint density at radius 1 is 1.39 bits per heavy atom. The minimum Gasteiger partial charge on any atom is -0.485 e. The van der Waals surface area contributed by atoms with Gasteiger partial charge < -0.3 is 23.7 Å². The second kappa shape index (κ2) is 7.14. The zero-order valence-corrected chi connectivity index (χ0v) is 13.0. The first-order valence-electron chi connectivity index (χ1n) is 6.97. The molecule has 1 aliphatic rings. The van der Waals surface area contributed by atoms with Crippen molar-refractivity contribution in [3.8, 4) is 17.2 Å². The fourth-order valence-electron chi connectivity index (χ4n) is 2.14. The lowest BCUT2D eigenvalue weighted by atomic mass is 10.1. The molecule has 1 atom stereocenters. The van der Waals surface area contributed by atoms with Crippen LogP contribution >= 0.6 is 0 Å². The maximum Gasteiger partial charge on any atom is 0.348 e. The van der Waals surface area contributed by atoms with Crippen molar-refractivity contribution in [2.75, 3.05) is 26.9 Å². The third kappa shape index (κ3) is 3.45. The predicted octanol–water partition coefficient (Wildman–Crippen LogP) is 1.91. The van der Waals surface area contributed by atoms with E-state index in [1.165, 1.54) is 0 Å². The Morgan fingerprint density at radius 2 is 2.04 bits per heavy atom. The van der Waals surface area contributed by atoms with E-state index in [2.05, 4.69) is 4.74 Å². The SMILES string of the molecule is CCOC(C)Oc1cc([N+](=O)[O-])c(C(=O)OC)c2c1OCCO2. The monoisotopic (exact) mass is 327 g/mol. The largest absolute Gasteiger partial charge is 0.485 e. The molecule has 0 saturated carbocycles. The number of hydrogen-bond acceptors (Lipinski definition) is 8. The highest BCUT2D eigenvalue weighted by atomic mass is 16.7. The second-order valence-corrected chi connectivity index (χ2v) is 4.51. The molecule has 0 aromatic heterocycles. The Hall–Kier alpha value is -2.55. The highest BCUT2D eigenvalue weighted by Crippen LogP contribution is 2.47. The lowest BCUT2D eigenvalue weighted by Crippen LogP contribution is -2.22. The molecular weight excluding hydrogens is 310 g/mol. The number of nitro groups is 1. The first-order valence-corrected chi connectivity index (χ1v) is 6.97. The van der Waals surface area contributed by atoms with Crippen LogP contribution in [0.2, 0.25) is 0 Å². The van der Waals surface area contributed by atoms with Gasteiger partial charge >= 0.3 is 5.97 Å². The van der Waals surface area contributed by atoms with Crippen LogP contribution < -0.4 is 14.2 Å². The summed E-state index contributed by atoms with van der Waals surface area (Å²) in [4.78, 5) is 22.5. The number of fused-ring (bicyclic) bond motifs is 1. The van der Waals surface area contributed by atoms with E-state index in [0.29, 0.717) is 6.61 Å². The Morgan fingerprint density at radius 3 is 2.61 bits per heavy atom. The Bertz CT molecular complexity index is 615. The molecule has 0 fully saturated rings. The summed E-state index contributed by atoms with van der Waals surface area (Å²) in [6.45, 7) is 4.21. The molecule has 126 valence electrons. The summed E-state index contributed by atoms with van der Waals surface area (Å²) in [5, 5.41) is 11.3. The van der Waals surface area contributed by atoms with E-state index in [4.69, 9.17) is 18.9 Å². The van der Waals surface area contributed by atoms with Gasteiger partial charge in [0.25, 0.3) is 5.69 Å². The molecule has 1 aliphatic heterocycles. The molecule has 23 heavy (non-hydrogen) atoms. The highest BCUT2D eigenvalue weighted by Gasteiger charge is 2.35. The van der Waals surface area contributed by atoms with Crippen molar-refractivity contribution < 1.29 is 33.4 Å². The van der Waals surface area contributed by atoms with Crippen molar-refractivity contribution in [1.29, 1.82) is 0 Å². The molecule has 0 bridgehead atoms. The van der Waals surface area contributed by atoms with Gasteiger partial charge in [-0.25, -0.2) is 4.79 Å². The second-order valence-electron chi connectivity index (χ2n) is 4.51. The van der Waals surface area contributed by atoms with Crippen molar-refractivity contribution >= 4 is 11.7 Å². The molecular formula is C14H17NO8. The molecule has 9 nitrogen and oxygen atoms in total. The first kappa shape index (κ1) is 16.8. The number of carbonyl (C=O) groups is 1. The predicted molar refractivity (Wildman–Crippen MR) is 77.1 cm³/mol. The molecule has 1 aromatic carbocycles. The average molecular weight is 327 g/mol. The summed E-state index contributed by atoms with van der Waals surface area (Å²) >= 11 is 0. The Balaban J connectivity index is 2.58. The number of benzene rings is 1. The van der Waals surface area contributed by atoms with Crippen molar-refractivity contribution in [1.82, 2.24) is 0 Å². The van der Waals surface area contributed by atoms with Crippen molar-refractivity contribution in [2.24, 2.45) is 0 Å². The Kier molecular flexibility index (Phi) is 5.22. The summed E-state index contributed by atoms with van der Waals surface area (Å²) in [5.41, 5.74) is -0.789. The van der Waals surface area contributed by atoms with Gasteiger partial charge in [-0.2, -0.15) is 0 Å². The topological polar surface area (TPSA) is 106 Å². The van der Waals surface area contributed by atoms with Gasteiger partial charge in [-0.15, -0.1) is 0 Å². The summed E-state index contributed by atoms with van der Waals surface area (Å²) < 4.78 is 26.3. The smallest absolute Gasteiger partial charge is 0.348 e. The van der Waals surface area contributed by atoms with E-state index in [0.717, 1.165) is 13.2 Å². The van der Waals surface area contributed by atoms with Crippen LogP contribution in [0.25, 0.3) is 0 Å². The van der Waals surface area contributed by atoms with Crippen LogP contribution in [0.3, 0.4) is 0 Å². The van der Waals surface area contributed by atoms with E-state index in [1.54, 1.807) is 13.8 Å².